The topological polar surface area (TPSA) is 41.9 Å². The van der Waals surface area contributed by atoms with E-state index in [-0.39, 0.29) is 0 Å². The maximum Gasteiger partial charge on any atom is 0.189 e. The number of likely N-dealkylation sites (tertiary alicyclic amines) is 1. The number of hydrogen-bond acceptors (Lipinski definition) is 4. The highest BCUT2D eigenvalue weighted by molar-refractivity contribution is 6.30. The van der Waals surface area contributed by atoms with Crippen LogP contribution in [-0.4, -0.2) is 23.3 Å². The van der Waals surface area contributed by atoms with Crippen LogP contribution in [-0.2, 0) is 17.9 Å². The van der Waals surface area contributed by atoms with Gasteiger partial charge in [0.25, 0.3) is 0 Å². The largest absolute Gasteiger partial charge is 0.508 e. The van der Waals surface area contributed by atoms with E-state index >= 15 is 0 Å². The fourth-order valence-electron chi connectivity index (χ4n) is 3.68. The number of ether oxygens (including phenoxy) is 2. The molecule has 4 rings (SSSR count). The Bertz CT molecular complexity index is 732. The van der Waals surface area contributed by atoms with Crippen LogP contribution in [0.25, 0.3) is 0 Å². The highest BCUT2D eigenvalue weighted by atomic mass is 35.5. The molecule has 1 atom stereocenters. The van der Waals surface area contributed by atoms with Gasteiger partial charge >= 0.3 is 0 Å². The molecule has 0 aromatic heterocycles. The molecule has 1 unspecified atom stereocenters. The molecule has 0 radical (unpaired) electrons. The summed E-state index contributed by atoms with van der Waals surface area (Å²) >= 11 is 6.28. The molecule has 2 aromatic carbocycles. The summed E-state index contributed by atoms with van der Waals surface area (Å²) in [6, 6.07) is 11.8. The van der Waals surface area contributed by atoms with Gasteiger partial charge in [-0.3, -0.25) is 4.90 Å². The third-order valence-electron chi connectivity index (χ3n) is 4.77. The molecule has 1 fully saturated rings. The van der Waals surface area contributed by atoms with E-state index in [1.54, 1.807) is 12.1 Å². The second kappa shape index (κ2) is 6.63. The predicted octanol–water partition coefficient (Wildman–Crippen LogP) is 4.25. The molecule has 2 heterocycles. The Labute approximate surface area is 146 Å². The molecule has 126 valence electrons. The van der Waals surface area contributed by atoms with Crippen LogP contribution in [0.3, 0.4) is 0 Å². The van der Waals surface area contributed by atoms with Gasteiger partial charge in [-0.1, -0.05) is 23.7 Å². The van der Waals surface area contributed by atoms with Crippen LogP contribution in [0.1, 0.15) is 35.6 Å². The first-order valence-corrected chi connectivity index (χ1v) is 8.63. The number of halogens is 1. The zero-order valence-electron chi connectivity index (χ0n) is 13.4. The van der Waals surface area contributed by atoms with Gasteiger partial charge in [-0.2, -0.15) is 0 Å². The summed E-state index contributed by atoms with van der Waals surface area (Å²) in [5, 5.41) is 10.2. The maximum absolute atomic E-state index is 9.51. The summed E-state index contributed by atoms with van der Waals surface area (Å²) < 4.78 is 11.1. The Morgan fingerprint density at radius 3 is 2.88 bits per heavy atom. The van der Waals surface area contributed by atoms with Crippen LogP contribution < -0.4 is 4.74 Å². The summed E-state index contributed by atoms with van der Waals surface area (Å²) in [6.07, 6.45) is 2.29. The van der Waals surface area contributed by atoms with Crippen LogP contribution in [0.15, 0.2) is 36.4 Å². The van der Waals surface area contributed by atoms with E-state index in [0.29, 0.717) is 25.2 Å². The van der Waals surface area contributed by atoms with E-state index in [9.17, 15) is 5.11 Å². The van der Waals surface area contributed by atoms with E-state index in [1.807, 2.05) is 24.3 Å². The zero-order valence-corrected chi connectivity index (χ0v) is 14.1. The Kier molecular flexibility index (Phi) is 4.35. The number of hydrogen-bond donors (Lipinski definition) is 1. The molecule has 0 amide bonds. The predicted molar refractivity (Wildman–Crippen MR) is 92.2 cm³/mol. The van der Waals surface area contributed by atoms with Crippen molar-refractivity contribution in [2.45, 2.75) is 32.0 Å². The van der Waals surface area contributed by atoms with Crippen LogP contribution in [0, 0.1) is 0 Å². The summed E-state index contributed by atoms with van der Waals surface area (Å²) in [6.45, 7) is 2.69. The molecule has 5 heteroatoms. The Morgan fingerprint density at radius 1 is 1.21 bits per heavy atom. The molecule has 0 bridgehead atoms. The second-order valence-electron chi connectivity index (χ2n) is 6.38. The van der Waals surface area contributed by atoms with Crippen molar-refractivity contribution < 1.29 is 14.6 Å². The molecule has 1 N–H and O–H groups in total. The minimum Gasteiger partial charge on any atom is -0.508 e. The molecule has 2 aromatic rings. The second-order valence-corrected chi connectivity index (χ2v) is 6.82. The summed E-state index contributed by atoms with van der Waals surface area (Å²) in [7, 11) is 0. The fourth-order valence-corrected chi connectivity index (χ4v) is 3.95. The highest BCUT2D eigenvalue weighted by Gasteiger charge is 2.28. The van der Waals surface area contributed by atoms with E-state index in [2.05, 4.69) is 4.90 Å². The Morgan fingerprint density at radius 2 is 2.04 bits per heavy atom. The molecular formula is C19H20ClNO3. The lowest BCUT2D eigenvalue weighted by atomic mass is 10.0. The average molecular weight is 346 g/mol. The van der Waals surface area contributed by atoms with Crippen molar-refractivity contribution in [1.29, 1.82) is 0 Å². The molecule has 2 aliphatic heterocycles. The molecule has 24 heavy (non-hydrogen) atoms. The first kappa shape index (κ1) is 15.8. The quantitative estimate of drug-likeness (QED) is 0.903. The molecule has 0 aliphatic carbocycles. The van der Waals surface area contributed by atoms with Crippen LogP contribution >= 0.6 is 11.6 Å². The van der Waals surface area contributed by atoms with Gasteiger partial charge in [0.2, 0.25) is 0 Å². The normalized spacial score (nSPS) is 20.6. The monoisotopic (exact) mass is 345 g/mol. The van der Waals surface area contributed by atoms with Crippen molar-refractivity contribution in [3.05, 3.63) is 58.1 Å². The SMILES string of the molecule is Oc1ccc(C2CCCN2Cc2cc(Cl)cc3c2OCOC3)cc1. The first-order chi connectivity index (χ1) is 11.7. The number of aromatic hydroxyl groups is 1. The lowest BCUT2D eigenvalue weighted by molar-refractivity contribution is -0.0175. The number of benzene rings is 2. The van der Waals surface area contributed by atoms with Gasteiger partial charge in [-0.05, 0) is 49.2 Å². The van der Waals surface area contributed by atoms with E-state index in [4.69, 9.17) is 21.1 Å². The number of fused-ring (bicyclic) bond motifs is 1. The minimum atomic E-state index is 0.295. The standard InChI is InChI=1S/C19H20ClNO3/c20-16-8-14(19-15(9-16)11-23-12-24-19)10-21-7-1-2-18(21)13-3-5-17(22)6-4-13/h3-6,8-9,18,22H,1-2,7,10-12H2. The minimum absolute atomic E-state index is 0.295. The van der Waals surface area contributed by atoms with Crippen LogP contribution in [0.2, 0.25) is 5.02 Å². The average Bonchev–Trinajstić information content (AvgIpc) is 3.03. The van der Waals surface area contributed by atoms with Gasteiger partial charge in [0.15, 0.2) is 6.79 Å². The molecule has 4 nitrogen and oxygen atoms in total. The lowest BCUT2D eigenvalue weighted by Gasteiger charge is -2.28. The molecule has 0 saturated carbocycles. The Balaban J connectivity index is 1.60. The van der Waals surface area contributed by atoms with E-state index < -0.39 is 0 Å². The fraction of sp³-hybridized carbons (Fsp3) is 0.368. The van der Waals surface area contributed by atoms with E-state index in [1.165, 1.54) is 5.56 Å². The third-order valence-corrected chi connectivity index (χ3v) is 4.98. The van der Waals surface area contributed by atoms with Crippen molar-refractivity contribution in [3.63, 3.8) is 0 Å². The lowest BCUT2D eigenvalue weighted by Crippen LogP contribution is -2.24. The van der Waals surface area contributed by atoms with E-state index in [0.717, 1.165) is 47.8 Å². The first-order valence-electron chi connectivity index (χ1n) is 8.25. The van der Waals surface area contributed by atoms with Crippen molar-refractivity contribution in [2.75, 3.05) is 13.3 Å². The van der Waals surface area contributed by atoms with Gasteiger partial charge in [0.1, 0.15) is 11.5 Å². The summed E-state index contributed by atoms with van der Waals surface area (Å²) in [4.78, 5) is 2.46. The van der Waals surface area contributed by atoms with Crippen LogP contribution in [0.4, 0.5) is 0 Å². The van der Waals surface area contributed by atoms with Crippen molar-refractivity contribution >= 4 is 11.6 Å². The molecular weight excluding hydrogens is 326 g/mol. The number of phenols is 1. The molecule has 2 aliphatic rings. The van der Waals surface area contributed by atoms with Gasteiger partial charge in [0, 0.05) is 28.7 Å². The van der Waals surface area contributed by atoms with Crippen LogP contribution in [0.5, 0.6) is 11.5 Å². The van der Waals surface area contributed by atoms with Crippen molar-refractivity contribution in [3.8, 4) is 11.5 Å². The maximum atomic E-state index is 9.51. The smallest absolute Gasteiger partial charge is 0.189 e. The summed E-state index contributed by atoms with van der Waals surface area (Å²) in [5.41, 5.74) is 3.38. The number of rotatable bonds is 3. The molecule has 1 saturated heterocycles. The number of phenolic OH excluding ortho intramolecular Hbond substituents is 1. The van der Waals surface area contributed by atoms with Gasteiger partial charge < -0.3 is 14.6 Å². The third kappa shape index (κ3) is 3.09. The zero-order chi connectivity index (χ0) is 16.5. The van der Waals surface area contributed by atoms with Crippen molar-refractivity contribution in [2.24, 2.45) is 0 Å². The Hall–Kier alpha value is -1.75. The molecule has 0 spiro atoms. The number of nitrogens with zero attached hydrogens (tertiary/aromatic N) is 1. The van der Waals surface area contributed by atoms with Gasteiger partial charge in [0.05, 0.1) is 6.61 Å². The summed E-state index contributed by atoms with van der Waals surface area (Å²) in [5.74, 6) is 1.22. The van der Waals surface area contributed by atoms with Gasteiger partial charge in [-0.15, -0.1) is 0 Å². The van der Waals surface area contributed by atoms with Crippen molar-refractivity contribution in [1.82, 2.24) is 4.90 Å². The van der Waals surface area contributed by atoms with Gasteiger partial charge in [-0.25, -0.2) is 0 Å². The highest BCUT2D eigenvalue weighted by Crippen LogP contribution is 2.37.